The standard InChI is InChI=1S/C15H19N5O2.2ClH/c16-8-11-2-1-3-12(11)15(21)18-9-13-19-14(20-22-13)10-4-6-17-7-5-10;;/h4-7,11-12H,1-3,8-9,16H2,(H,18,21);2*1H/t11-,12-;;/m1../s1. The van der Waals surface area contributed by atoms with Gasteiger partial charge in [0.05, 0.1) is 6.54 Å². The highest BCUT2D eigenvalue weighted by Gasteiger charge is 2.31. The monoisotopic (exact) mass is 373 g/mol. The molecule has 0 radical (unpaired) electrons. The van der Waals surface area contributed by atoms with Crippen molar-refractivity contribution in [1.29, 1.82) is 0 Å². The maximum Gasteiger partial charge on any atom is 0.246 e. The van der Waals surface area contributed by atoms with Crippen LogP contribution in [0.2, 0.25) is 0 Å². The molecule has 0 saturated heterocycles. The summed E-state index contributed by atoms with van der Waals surface area (Å²) in [5.41, 5.74) is 6.54. The molecular formula is C15H21Cl2N5O2. The Morgan fingerprint density at radius 3 is 2.75 bits per heavy atom. The summed E-state index contributed by atoms with van der Waals surface area (Å²) in [7, 11) is 0. The molecule has 1 amide bonds. The van der Waals surface area contributed by atoms with Gasteiger partial charge in [0.1, 0.15) is 0 Å². The molecule has 132 valence electrons. The van der Waals surface area contributed by atoms with E-state index in [0.717, 1.165) is 24.8 Å². The summed E-state index contributed by atoms with van der Waals surface area (Å²) in [6, 6.07) is 3.61. The lowest BCUT2D eigenvalue weighted by Crippen LogP contribution is -2.34. The molecule has 0 spiro atoms. The van der Waals surface area contributed by atoms with E-state index in [0.29, 0.717) is 18.3 Å². The van der Waals surface area contributed by atoms with E-state index in [4.69, 9.17) is 10.3 Å². The molecule has 1 aliphatic rings. The number of hydrogen-bond donors (Lipinski definition) is 2. The highest BCUT2D eigenvalue weighted by molar-refractivity contribution is 5.85. The van der Waals surface area contributed by atoms with E-state index >= 15 is 0 Å². The van der Waals surface area contributed by atoms with E-state index in [2.05, 4.69) is 20.4 Å². The lowest BCUT2D eigenvalue weighted by Gasteiger charge is -2.16. The molecule has 2 aromatic rings. The Labute approximate surface area is 152 Å². The average molecular weight is 374 g/mol. The van der Waals surface area contributed by atoms with Crippen molar-refractivity contribution < 1.29 is 9.32 Å². The van der Waals surface area contributed by atoms with Crippen molar-refractivity contribution in [3.05, 3.63) is 30.4 Å². The van der Waals surface area contributed by atoms with E-state index in [1.54, 1.807) is 24.5 Å². The van der Waals surface area contributed by atoms with Gasteiger partial charge in [0, 0.05) is 23.9 Å². The number of amides is 1. The number of hydrogen-bond acceptors (Lipinski definition) is 6. The maximum absolute atomic E-state index is 12.2. The van der Waals surface area contributed by atoms with Crippen molar-refractivity contribution in [2.24, 2.45) is 17.6 Å². The predicted molar refractivity (Wildman–Crippen MR) is 93.8 cm³/mol. The fraction of sp³-hybridized carbons (Fsp3) is 0.467. The van der Waals surface area contributed by atoms with Crippen LogP contribution in [0.3, 0.4) is 0 Å². The number of rotatable bonds is 5. The molecular weight excluding hydrogens is 353 g/mol. The van der Waals surface area contributed by atoms with Crippen molar-refractivity contribution in [2.45, 2.75) is 25.8 Å². The number of nitrogens with zero attached hydrogens (tertiary/aromatic N) is 3. The summed E-state index contributed by atoms with van der Waals surface area (Å²) < 4.78 is 5.16. The quantitative estimate of drug-likeness (QED) is 0.829. The summed E-state index contributed by atoms with van der Waals surface area (Å²) >= 11 is 0. The van der Waals surface area contributed by atoms with Crippen LogP contribution in [-0.4, -0.2) is 27.6 Å². The normalized spacial score (nSPS) is 19.2. The Kier molecular flexibility index (Phi) is 8.10. The molecule has 0 bridgehead atoms. The average Bonchev–Trinajstić information content (AvgIpc) is 3.22. The Morgan fingerprint density at radius 1 is 1.29 bits per heavy atom. The number of nitrogens with two attached hydrogens (primary N) is 1. The topological polar surface area (TPSA) is 107 Å². The number of halogens is 2. The first-order valence-electron chi connectivity index (χ1n) is 7.48. The molecule has 7 nitrogen and oxygen atoms in total. The van der Waals surface area contributed by atoms with Gasteiger partial charge in [0.25, 0.3) is 0 Å². The molecule has 2 atom stereocenters. The van der Waals surface area contributed by atoms with E-state index in [9.17, 15) is 4.79 Å². The van der Waals surface area contributed by atoms with E-state index < -0.39 is 0 Å². The van der Waals surface area contributed by atoms with Crippen LogP contribution in [0.5, 0.6) is 0 Å². The van der Waals surface area contributed by atoms with Crippen LogP contribution in [0.15, 0.2) is 29.0 Å². The smallest absolute Gasteiger partial charge is 0.246 e. The maximum atomic E-state index is 12.2. The van der Waals surface area contributed by atoms with Crippen LogP contribution in [0.4, 0.5) is 0 Å². The third-order valence-electron chi connectivity index (χ3n) is 4.12. The van der Waals surface area contributed by atoms with Crippen molar-refractivity contribution in [3.8, 4) is 11.4 Å². The fourth-order valence-electron chi connectivity index (χ4n) is 2.90. The molecule has 2 heterocycles. The summed E-state index contributed by atoms with van der Waals surface area (Å²) in [6.07, 6.45) is 6.33. The fourth-order valence-corrected chi connectivity index (χ4v) is 2.90. The molecule has 0 aromatic carbocycles. The summed E-state index contributed by atoms with van der Waals surface area (Å²) in [4.78, 5) is 20.4. The number of carbonyl (C=O) groups is 1. The minimum Gasteiger partial charge on any atom is -0.347 e. The van der Waals surface area contributed by atoms with Gasteiger partial charge in [0.15, 0.2) is 0 Å². The van der Waals surface area contributed by atoms with E-state index in [-0.39, 0.29) is 49.1 Å². The Bertz CT molecular complexity index is 638. The molecule has 2 aromatic heterocycles. The Balaban J connectivity index is 0.00000144. The summed E-state index contributed by atoms with van der Waals surface area (Å²) in [5, 5.41) is 6.77. The zero-order valence-electron chi connectivity index (χ0n) is 13.1. The molecule has 0 unspecified atom stereocenters. The Morgan fingerprint density at radius 2 is 2.04 bits per heavy atom. The molecule has 3 rings (SSSR count). The van der Waals surface area contributed by atoms with Gasteiger partial charge in [-0.2, -0.15) is 4.98 Å². The van der Waals surface area contributed by atoms with Gasteiger partial charge in [-0.15, -0.1) is 24.8 Å². The minimum atomic E-state index is 0. The van der Waals surface area contributed by atoms with E-state index in [1.165, 1.54) is 0 Å². The second-order valence-electron chi connectivity index (χ2n) is 5.50. The van der Waals surface area contributed by atoms with Crippen LogP contribution >= 0.6 is 24.8 Å². The highest BCUT2D eigenvalue weighted by atomic mass is 35.5. The molecule has 1 saturated carbocycles. The third-order valence-corrected chi connectivity index (χ3v) is 4.12. The van der Waals surface area contributed by atoms with Gasteiger partial charge >= 0.3 is 0 Å². The Hall–Kier alpha value is -1.70. The number of pyridine rings is 1. The minimum absolute atomic E-state index is 0. The first kappa shape index (κ1) is 20.3. The predicted octanol–water partition coefficient (Wildman–Crippen LogP) is 1.97. The van der Waals surface area contributed by atoms with Crippen LogP contribution in [0, 0.1) is 11.8 Å². The molecule has 1 aliphatic carbocycles. The van der Waals surface area contributed by atoms with Gasteiger partial charge in [0.2, 0.25) is 17.6 Å². The lowest BCUT2D eigenvalue weighted by atomic mass is 9.95. The second kappa shape index (κ2) is 9.56. The first-order chi connectivity index (χ1) is 10.8. The third kappa shape index (κ3) is 4.66. The van der Waals surface area contributed by atoms with Crippen molar-refractivity contribution >= 4 is 30.7 Å². The SMILES string of the molecule is Cl.Cl.NC[C@H]1CCC[C@H]1C(=O)NCc1nc(-c2ccncc2)no1. The van der Waals surface area contributed by atoms with Gasteiger partial charge in [-0.25, -0.2) is 0 Å². The molecule has 0 aliphatic heterocycles. The van der Waals surface area contributed by atoms with Crippen LogP contribution in [0.25, 0.3) is 11.4 Å². The summed E-state index contributed by atoms with van der Waals surface area (Å²) in [6.45, 7) is 0.801. The number of nitrogens with one attached hydrogen (secondary N) is 1. The summed E-state index contributed by atoms with van der Waals surface area (Å²) in [5.74, 6) is 1.20. The van der Waals surface area contributed by atoms with Crippen LogP contribution < -0.4 is 11.1 Å². The zero-order valence-corrected chi connectivity index (χ0v) is 14.7. The number of aromatic nitrogens is 3. The van der Waals surface area contributed by atoms with E-state index in [1.807, 2.05) is 0 Å². The van der Waals surface area contributed by atoms with Crippen molar-refractivity contribution in [3.63, 3.8) is 0 Å². The lowest BCUT2D eigenvalue weighted by molar-refractivity contribution is -0.126. The number of carbonyl (C=O) groups excluding carboxylic acids is 1. The second-order valence-corrected chi connectivity index (χ2v) is 5.50. The first-order valence-corrected chi connectivity index (χ1v) is 7.48. The van der Waals surface area contributed by atoms with Gasteiger partial charge in [-0.3, -0.25) is 9.78 Å². The van der Waals surface area contributed by atoms with Gasteiger partial charge in [-0.1, -0.05) is 11.6 Å². The zero-order chi connectivity index (χ0) is 15.4. The van der Waals surface area contributed by atoms with Crippen molar-refractivity contribution in [2.75, 3.05) is 6.54 Å². The van der Waals surface area contributed by atoms with Gasteiger partial charge in [-0.05, 0) is 37.4 Å². The molecule has 1 fully saturated rings. The van der Waals surface area contributed by atoms with Crippen LogP contribution in [-0.2, 0) is 11.3 Å². The molecule has 24 heavy (non-hydrogen) atoms. The molecule has 9 heteroatoms. The van der Waals surface area contributed by atoms with Gasteiger partial charge < -0.3 is 15.6 Å². The van der Waals surface area contributed by atoms with Crippen molar-refractivity contribution in [1.82, 2.24) is 20.4 Å². The largest absolute Gasteiger partial charge is 0.347 e. The highest BCUT2D eigenvalue weighted by Crippen LogP contribution is 2.30. The molecule has 3 N–H and O–H groups in total. The van der Waals surface area contributed by atoms with Crippen LogP contribution in [0.1, 0.15) is 25.2 Å².